The van der Waals surface area contributed by atoms with Crippen LogP contribution in [0.5, 0.6) is 0 Å². The van der Waals surface area contributed by atoms with Gasteiger partial charge in [0, 0.05) is 11.8 Å². The van der Waals surface area contributed by atoms with Crippen LogP contribution in [0.1, 0.15) is 18.9 Å². The van der Waals surface area contributed by atoms with Crippen LogP contribution in [0, 0.1) is 0 Å². The van der Waals surface area contributed by atoms with E-state index in [4.69, 9.17) is 0 Å². The van der Waals surface area contributed by atoms with Crippen LogP contribution in [0.4, 0.5) is 0 Å². The van der Waals surface area contributed by atoms with Crippen LogP contribution >= 0.6 is 0 Å². The molecule has 0 aliphatic heterocycles. The van der Waals surface area contributed by atoms with E-state index in [1.54, 1.807) is 0 Å². The maximum atomic E-state index is 11.6. The summed E-state index contributed by atoms with van der Waals surface area (Å²) in [6, 6.07) is 3.81. The molecule has 0 aliphatic rings. The second-order valence-corrected chi connectivity index (χ2v) is 3.39. The lowest BCUT2D eigenvalue weighted by Crippen LogP contribution is -2.14. The summed E-state index contributed by atoms with van der Waals surface area (Å²) in [6.45, 7) is 2.05. The van der Waals surface area contributed by atoms with Gasteiger partial charge in [-0.15, -0.1) is 0 Å². The largest absolute Gasteiger partial charge is 0.360 e. The summed E-state index contributed by atoms with van der Waals surface area (Å²) < 4.78 is 0. The number of rotatable bonds is 3. The standard InChI is InChI=1S/C11H13N3O/c1-2-4-8-10(9-5-3-6-12-9)13-7-14-11(8)15/h3,5-7,12H,2,4H2,1H3,(H,13,14,15). The molecular weight excluding hydrogens is 190 g/mol. The molecule has 0 saturated carbocycles. The van der Waals surface area contributed by atoms with Gasteiger partial charge in [0.1, 0.15) is 0 Å². The smallest absolute Gasteiger partial charge is 0.254 e. The molecule has 2 heterocycles. The second-order valence-electron chi connectivity index (χ2n) is 3.39. The zero-order chi connectivity index (χ0) is 10.7. The summed E-state index contributed by atoms with van der Waals surface area (Å²) in [5, 5.41) is 0. The van der Waals surface area contributed by atoms with Crippen LogP contribution < -0.4 is 5.56 Å². The number of aromatic nitrogens is 3. The molecule has 15 heavy (non-hydrogen) atoms. The van der Waals surface area contributed by atoms with Crippen molar-refractivity contribution in [2.24, 2.45) is 0 Å². The van der Waals surface area contributed by atoms with Crippen molar-refractivity contribution in [2.45, 2.75) is 19.8 Å². The van der Waals surface area contributed by atoms with Gasteiger partial charge in [-0.1, -0.05) is 13.3 Å². The van der Waals surface area contributed by atoms with Gasteiger partial charge in [-0.3, -0.25) is 4.79 Å². The van der Waals surface area contributed by atoms with E-state index < -0.39 is 0 Å². The first-order valence-electron chi connectivity index (χ1n) is 5.03. The first-order valence-corrected chi connectivity index (χ1v) is 5.03. The highest BCUT2D eigenvalue weighted by Gasteiger charge is 2.09. The molecule has 2 aromatic heterocycles. The Kier molecular flexibility index (Phi) is 2.67. The van der Waals surface area contributed by atoms with Crippen LogP contribution in [-0.2, 0) is 6.42 Å². The van der Waals surface area contributed by atoms with E-state index >= 15 is 0 Å². The van der Waals surface area contributed by atoms with E-state index in [1.807, 2.05) is 25.3 Å². The highest BCUT2D eigenvalue weighted by atomic mass is 16.1. The van der Waals surface area contributed by atoms with Gasteiger partial charge >= 0.3 is 0 Å². The van der Waals surface area contributed by atoms with Gasteiger partial charge < -0.3 is 9.97 Å². The Morgan fingerprint density at radius 3 is 2.93 bits per heavy atom. The van der Waals surface area contributed by atoms with E-state index in [-0.39, 0.29) is 5.56 Å². The Bertz CT molecular complexity index is 485. The Morgan fingerprint density at radius 2 is 2.27 bits per heavy atom. The number of H-pyrrole nitrogens is 2. The van der Waals surface area contributed by atoms with Gasteiger partial charge in [-0.05, 0) is 18.6 Å². The van der Waals surface area contributed by atoms with Crippen molar-refractivity contribution in [3.63, 3.8) is 0 Å². The minimum Gasteiger partial charge on any atom is -0.360 e. The third-order valence-corrected chi connectivity index (χ3v) is 2.30. The maximum Gasteiger partial charge on any atom is 0.254 e. The lowest BCUT2D eigenvalue weighted by atomic mass is 10.1. The number of aromatic amines is 2. The van der Waals surface area contributed by atoms with Gasteiger partial charge in [0.05, 0.1) is 17.7 Å². The molecule has 0 aliphatic carbocycles. The molecule has 0 bridgehead atoms. The minimum atomic E-state index is -0.0450. The monoisotopic (exact) mass is 203 g/mol. The van der Waals surface area contributed by atoms with Crippen molar-refractivity contribution in [1.82, 2.24) is 15.0 Å². The Hall–Kier alpha value is -1.84. The molecule has 2 aromatic rings. The van der Waals surface area contributed by atoms with Gasteiger partial charge in [-0.2, -0.15) is 0 Å². The Balaban J connectivity index is 2.56. The van der Waals surface area contributed by atoms with Crippen molar-refractivity contribution in [3.05, 3.63) is 40.6 Å². The molecule has 78 valence electrons. The topological polar surface area (TPSA) is 61.5 Å². The molecule has 0 fully saturated rings. The number of nitrogens with one attached hydrogen (secondary N) is 2. The van der Waals surface area contributed by atoms with Crippen LogP contribution in [-0.4, -0.2) is 15.0 Å². The molecule has 0 radical (unpaired) electrons. The van der Waals surface area contributed by atoms with E-state index in [0.29, 0.717) is 0 Å². The summed E-state index contributed by atoms with van der Waals surface area (Å²) in [5.41, 5.74) is 2.36. The summed E-state index contributed by atoms with van der Waals surface area (Å²) in [7, 11) is 0. The molecule has 4 nitrogen and oxygen atoms in total. The van der Waals surface area contributed by atoms with Crippen molar-refractivity contribution < 1.29 is 0 Å². The van der Waals surface area contributed by atoms with Crippen LogP contribution in [0.15, 0.2) is 29.5 Å². The average Bonchev–Trinajstić information content (AvgIpc) is 2.74. The average molecular weight is 203 g/mol. The van der Waals surface area contributed by atoms with Gasteiger partial charge in [0.25, 0.3) is 5.56 Å². The van der Waals surface area contributed by atoms with Crippen LogP contribution in [0.2, 0.25) is 0 Å². The Labute approximate surface area is 87.4 Å². The quantitative estimate of drug-likeness (QED) is 0.797. The van der Waals surface area contributed by atoms with E-state index in [1.165, 1.54) is 6.33 Å². The molecule has 2 N–H and O–H groups in total. The Morgan fingerprint density at radius 1 is 1.40 bits per heavy atom. The summed E-state index contributed by atoms with van der Waals surface area (Å²) >= 11 is 0. The zero-order valence-electron chi connectivity index (χ0n) is 8.58. The number of hydrogen-bond donors (Lipinski definition) is 2. The molecule has 0 aromatic carbocycles. The molecule has 2 rings (SSSR count). The molecule has 0 amide bonds. The van der Waals surface area contributed by atoms with E-state index in [0.717, 1.165) is 29.8 Å². The third kappa shape index (κ3) is 1.83. The number of nitrogens with zero attached hydrogens (tertiary/aromatic N) is 1. The first-order chi connectivity index (χ1) is 7.33. The fraction of sp³-hybridized carbons (Fsp3) is 0.273. The predicted molar refractivity (Wildman–Crippen MR) is 58.6 cm³/mol. The molecule has 4 heteroatoms. The SMILES string of the molecule is CCCc1c(-c2ccc[nH]2)nc[nH]c1=O. The molecule has 0 atom stereocenters. The number of hydrogen-bond acceptors (Lipinski definition) is 2. The van der Waals surface area contributed by atoms with Crippen LogP contribution in [0.3, 0.4) is 0 Å². The van der Waals surface area contributed by atoms with E-state index in [9.17, 15) is 4.79 Å². The lowest BCUT2D eigenvalue weighted by Gasteiger charge is -2.03. The van der Waals surface area contributed by atoms with Crippen molar-refractivity contribution in [2.75, 3.05) is 0 Å². The maximum absolute atomic E-state index is 11.6. The van der Waals surface area contributed by atoms with Crippen LogP contribution in [0.25, 0.3) is 11.4 Å². The molecule has 0 spiro atoms. The predicted octanol–water partition coefficient (Wildman–Crippen LogP) is 1.72. The molecular formula is C11H13N3O. The van der Waals surface area contributed by atoms with Crippen molar-refractivity contribution >= 4 is 0 Å². The molecule has 0 unspecified atom stereocenters. The van der Waals surface area contributed by atoms with Gasteiger partial charge in [-0.25, -0.2) is 4.98 Å². The van der Waals surface area contributed by atoms with Gasteiger partial charge in [0.15, 0.2) is 0 Å². The summed E-state index contributed by atoms with van der Waals surface area (Å²) in [6.07, 6.45) is 4.95. The highest BCUT2D eigenvalue weighted by molar-refractivity contribution is 5.57. The second kappa shape index (κ2) is 4.13. The van der Waals surface area contributed by atoms with E-state index in [2.05, 4.69) is 15.0 Å². The molecule has 0 saturated heterocycles. The fourth-order valence-electron chi connectivity index (χ4n) is 1.62. The van der Waals surface area contributed by atoms with Crippen molar-refractivity contribution in [1.29, 1.82) is 0 Å². The highest BCUT2D eigenvalue weighted by Crippen LogP contribution is 2.16. The summed E-state index contributed by atoms with van der Waals surface area (Å²) in [5.74, 6) is 0. The normalized spacial score (nSPS) is 10.5. The lowest BCUT2D eigenvalue weighted by molar-refractivity contribution is 0.887. The fourth-order valence-corrected chi connectivity index (χ4v) is 1.62. The zero-order valence-corrected chi connectivity index (χ0v) is 8.58. The minimum absolute atomic E-state index is 0.0450. The first kappa shape index (κ1) is 9.71. The van der Waals surface area contributed by atoms with Gasteiger partial charge in [0.2, 0.25) is 0 Å². The van der Waals surface area contributed by atoms with Crippen molar-refractivity contribution in [3.8, 4) is 11.4 Å². The summed E-state index contributed by atoms with van der Waals surface area (Å²) in [4.78, 5) is 21.5. The third-order valence-electron chi connectivity index (χ3n) is 2.30.